The van der Waals surface area contributed by atoms with Gasteiger partial charge < -0.3 is 19.7 Å². The van der Waals surface area contributed by atoms with Gasteiger partial charge in [-0.05, 0) is 68.1 Å². The van der Waals surface area contributed by atoms with Gasteiger partial charge in [-0.15, -0.1) is 0 Å². The third-order valence-corrected chi connectivity index (χ3v) is 6.27. The lowest BCUT2D eigenvalue weighted by atomic mass is 9.99. The second-order valence-electron chi connectivity index (χ2n) is 10.6. The van der Waals surface area contributed by atoms with E-state index < -0.39 is 11.6 Å². The zero-order chi connectivity index (χ0) is 27.1. The van der Waals surface area contributed by atoms with Crippen molar-refractivity contribution in [2.45, 2.75) is 58.2 Å². The standard InChI is InChI=1S/C31H35FN2O4/c1-31(2,3)33-30(36)26(19-22-7-5-4-6-8-22)34(21-24-9-13-25(32)14-10-24)29(35)16-12-23-11-15-27-28(20-23)38-18-17-37-27/h4-11,13-15,20,26H,12,16-19,21H2,1-3H3,(H,33,36)/t26-/m1/s1. The van der Waals surface area contributed by atoms with E-state index in [0.29, 0.717) is 37.6 Å². The summed E-state index contributed by atoms with van der Waals surface area (Å²) in [4.78, 5) is 29.0. The van der Waals surface area contributed by atoms with Crippen LogP contribution in [0.15, 0.2) is 72.8 Å². The molecule has 0 radical (unpaired) electrons. The second kappa shape index (κ2) is 12.1. The number of benzene rings is 3. The number of hydrogen-bond donors (Lipinski definition) is 1. The lowest BCUT2D eigenvalue weighted by Gasteiger charge is -2.34. The van der Waals surface area contributed by atoms with Crippen LogP contribution in [0.2, 0.25) is 0 Å². The Labute approximate surface area is 223 Å². The van der Waals surface area contributed by atoms with E-state index in [1.54, 1.807) is 17.0 Å². The Balaban J connectivity index is 1.60. The lowest BCUT2D eigenvalue weighted by molar-refractivity contribution is -0.141. The number of halogens is 1. The molecule has 0 aliphatic carbocycles. The highest BCUT2D eigenvalue weighted by Gasteiger charge is 2.32. The van der Waals surface area contributed by atoms with Gasteiger partial charge in [-0.1, -0.05) is 48.5 Å². The molecular weight excluding hydrogens is 483 g/mol. The minimum absolute atomic E-state index is 0.158. The van der Waals surface area contributed by atoms with Gasteiger partial charge in [-0.2, -0.15) is 0 Å². The van der Waals surface area contributed by atoms with Gasteiger partial charge in [0.05, 0.1) is 0 Å². The Bertz CT molecular complexity index is 1240. The summed E-state index contributed by atoms with van der Waals surface area (Å²) in [7, 11) is 0. The highest BCUT2D eigenvalue weighted by atomic mass is 19.1. The van der Waals surface area contributed by atoms with Crippen molar-refractivity contribution in [3.05, 3.63) is 95.3 Å². The van der Waals surface area contributed by atoms with Crippen molar-refractivity contribution in [3.63, 3.8) is 0 Å². The summed E-state index contributed by atoms with van der Waals surface area (Å²) in [6.45, 7) is 6.94. The zero-order valence-corrected chi connectivity index (χ0v) is 22.2. The molecule has 1 N–H and O–H groups in total. The molecule has 0 spiro atoms. The smallest absolute Gasteiger partial charge is 0.243 e. The molecule has 2 amide bonds. The van der Waals surface area contributed by atoms with Crippen molar-refractivity contribution < 1.29 is 23.5 Å². The van der Waals surface area contributed by atoms with Crippen molar-refractivity contribution in [3.8, 4) is 11.5 Å². The number of nitrogens with zero attached hydrogens (tertiary/aromatic N) is 1. The average Bonchev–Trinajstić information content (AvgIpc) is 2.90. The maximum Gasteiger partial charge on any atom is 0.243 e. The molecule has 3 aromatic carbocycles. The molecule has 38 heavy (non-hydrogen) atoms. The van der Waals surface area contributed by atoms with Gasteiger partial charge >= 0.3 is 0 Å². The van der Waals surface area contributed by atoms with Gasteiger partial charge in [0.1, 0.15) is 25.1 Å². The summed E-state index contributed by atoms with van der Waals surface area (Å²) < 4.78 is 24.9. The first kappa shape index (κ1) is 27.2. The summed E-state index contributed by atoms with van der Waals surface area (Å²) in [5, 5.41) is 3.05. The fraction of sp³-hybridized carbons (Fsp3) is 0.355. The Kier molecular flexibility index (Phi) is 8.66. The van der Waals surface area contributed by atoms with Crippen LogP contribution in [0.5, 0.6) is 11.5 Å². The molecule has 200 valence electrons. The van der Waals surface area contributed by atoms with E-state index >= 15 is 0 Å². The van der Waals surface area contributed by atoms with Gasteiger partial charge in [0.25, 0.3) is 0 Å². The van der Waals surface area contributed by atoms with E-state index in [0.717, 1.165) is 16.7 Å². The van der Waals surface area contributed by atoms with Gasteiger partial charge in [0, 0.05) is 24.9 Å². The highest BCUT2D eigenvalue weighted by molar-refractivity contribution is 5.88. The molecular formula is C31H35FN2O4. The van der Waals surface area contributed by atoms with E-state index in [9.17, 15) is 14.0 Å². The normalized spacial score (nSPS) is 13.5. The third kappa shape index (κ3) is 7.57. The molecule has 0 unspecified atom stereocenters. The minimum atomic E-state index is -0.741. The topological polar surface area (TPSA) is 67.9 Å². The van der Waals surface area contributed by atoms with Crippen LogP contribution >= 0.6 is 0 Å². The monoisotopic (exact) mass is 518 g/mol. The molecule has 4 rings (SSSR count). The van der Waals surface area contributed by atoms with Crippen molar-refractivity contribution in [2.24, 2.45) is 0 Å². The molecule has 0 fully saturated rings. The Morgan fingerprint density at radius 1 is 0.895 bits per heavy atom. The molecule has 0 saturated heterocycles. The Morgan fingerprint density at radius 3 is 2.24 bits per heavy atom. The van der Waals surface area contributed by atoms with Gasteiger partial charge in [-0.3, -0.25) is 9.59 Å². The second-order valence-corrected chi connectivity index (χ2v) is 10.6. The first-order valence-electron chi connectivity index (χ1n) is 13.0. The van der Waals surface area contributed by atoms with Crippen LogP contribution in [-0.4, -0.2) is 41.5 Å². The molecule has 1 atom stereocenters. The van der Waals surface area contributed by atoms with E-state index in [2.05, 4.69) is 5.32 Å². The SMILES string of the molecule is CC(C)(C)NC(=O)[C@@H](Cc1ccccc1)N(Cc1ccc(F)cc1)C(=O)CCc1ccc2c(c1)OCCO2. The molecule has 7 heteroatoms. The van der Waals surface area contributed by atoms with Crippen LogP contribution in [0.25, 0.3) is 0 Å². The molecule has 1 aliphatic heterocycles. The van der Waals surface area contributed by atoms with E-state index in [1.807, 2.05) is 69.3 Å². The lowest BCUT2D eigenvalue weighted by Crippen LogP contribution is -2.54. The number of carbonyl (C=O) groups excluding carboxylic acids is 2. The third-order valence-electron chi connectivity index (χ3n) is 6.27. The summed E-state index contributed by atoms with van der Waals surface area (Å²) in [5.41, 5.74) is 2.18. The number of fused-ring (bicyclic) bond motifs is 1. The maximum atomic E-state index is 13.8. The van der Waals surface area contributed by atoms with Crippen LogP contribution in [0.3, 0.4) is 0 Å². The summed E-state index contributed by atoms with van der Waals surface area (Å²) in [6.07, 6.45) is 1.04. The quantitative estimate of drug-likeness (QED) is 0.429. The number of ether oxygens (including phenoxy) is 2. The fourth-order valence-electron chi connectivity index (χ4n) is 4.43. The first-order chi connectivity index (χ1) is 18.2. The molecule has 6 nitrogen and oxygen atoms in total. The number of hydrogen-bond acceptors (Lipinski definition) is 4. The van der Waals surface area contributed by atoms with E-state index in [-0.39, 0.29) is 30.6 Å². The fourth-order valence-corrected chi connectivity index (χ4v) is 4.43. The van der Waals surface area contributed by atoms with Crippen LogP contribution in [0.1, 0.15) is 43.9 Å². The van der Waals surface area contributed by atoms with Gasteiger partial charge in [0.2, 0.25) is 11.8 Å². The van der Waals surface area contributed by atoms with Crippen molar-refractivity contribution in [2.75, 3.05) is 13.2 Å². The van der Waals surface area contributed by atoms with Crippen LogP contribution in [0.4, 0.5) is 4.39 Å². The van der Waals surface area contributed by atoms with Crippen molar-refractivity contribution in [1.29, 1.82) is 0 Å². The minimum Gasteiger partial charge on any atom is -0.486 e. The average molecular weight is 519 g/mol. The highest BCUT2D eigenvalue weighted by Crippen LogP contribution is 2.31. The summed E-state index contributed by atoms with van der Waals surface area (Å²) in [6, 6.07) is 20.7. The molecule has 0 bridgehead atoms. The Hall–Kier alpha value is -3.87. The molecule has 3 aromatic rings. The van der Waals surface area contributed by atoms with E-state index in [4.69, 9.17) is 9.47 Å². The number of aryl methyl sites for hydroxylation is 1. The van der Waals surface area contributed by atoms with Gasteiger partial charge in [-0.25, -0.2) is 4.39 Å². The molecule has 0 aromatic heterocycles. The predicted octanol–water partition coefficient (Wildman–Crippen LogP) is 5.08. The van der Waals surface area contributed by atoms with Crippen LogP contribution in [0, 0.1) is 5.82 Å². The number of rotatable bonds is 9. The van der Waals surface area contributed by atoms with Crippen LogP contribution in [-0.2, 0) is 29.0 Å². The maximum absolute atomic E-state index is 13.8. The van der Waals surface area contributed by atoms with Crippen molar-refractivity contribution >= 4 is 11.8 Å². The van der Waals surface area contributed by atoms with Gasteiger partial charge in [0.15, 0.2) is 11.5 Å². The summed E-state index contributed by atoms with van der Waals surface area (Å²) >= 11 is 0. The zero-order valence-electron chi connectivity index (χ0n) is 22.2. The first-order valence-corrected chi connectivity index (χ1v) is 13.0. The molecule has 1 aliphatic rings. The predicted molar refractivity (Wildman–Crippen MR) is 145 cm³/mol. The number of amides is 2. The summed E-state index contributed by atoms with van der Waals surface area (Å²) in [5.74, 6) is 0.642. The number of nitrogens with one attached hydrogen (secondary N) is 1. The van der Waals surface area contributed by atoms with E-state index in [1.165, 1.54) is 12.1 Å². The van der Waals surface area contributed by atoms with Crippen molar-refractivity contribution in [1.82, 2.24) is 10.2 Å². The van der Waals surface area contributed by atoms with Crippen LogP contribution < -0.4 is 14.8 Å². The molecule has 0 saturated carbocycles. The molecule has 1 heterocycles. The Morgan fingerprint density at radius 2 is 1.55 bits per heavy atom. The largest absolute Gasteiger partial charge is 0.486 e. The number of carbonyl (C=O) groups is 2.